The highest BCUT2D eigenvalue weighted by molar-refractivity contribution is 5.74. The molecule has 0 aromatic heterocycles. The molecule has 0 spiro atoms. The molecule has 0 saturated heterocycles. The highest BCUT2D eigenvalue weighted by atomic mass is 16.5. The molecule has 2 N–H and O–H groups in total. The Labute approximate surface area is 107 Å². The van der Waals surface area contributed by atoms with Crippen molar-refractivity contribution in [1.29, 1.82) is 0 Å². The Kier molecular flexibility index (Phi) is 3.87. The van der Waals surface area contributed by atoms with Crippen molar-refractivity contribution in [3.63, 3.8) is 0 Å². The summed E-state index contributed by atoms with van der Waals surface area (Å²) in [6.45, 7) is 1.99. The Bertz CT molecular complexity index is 441. The molecule has 0 aliphatic heterocycles. The third-order valence-electron chi connectivity index (χ3n) is 3.17. The highest BCUT2D eigenvalue weighted by Crippen LogP contribution is 2.24. The Morgan fingerprint density at radius 2 is 2.28 bits per heavy atom. The Morgan fingerprint density at radius 3 is 2.83 bits per heavy atom. The van der Waals surface area contributed by atoms with Crippen LogP contribution in [0, 0.1) is 6.92 Å². The van der Waals surface area contributed by atoms with Gasteiger partial charge in [-0.3, -0.25) is 4.79 Å². The van der Waals surface area contributed by atoms with Gasteiger partial charge in [-0.05, 0) is 31.4 Å². The first kappa shape index (κ1) is 12.9. The minimum Gasteiger partial charge on any atom is -0.496 e. The lowest BCUT2D eigenvalue weighted by molar-refractivity contribution is -0.139. The van der Waals surface area contributed by atoms with Crippen molar-refractivity contribution in [2.24, 2.45) is 0 Å². The second-order valence-corrected chi connectivity index (χ2v) is 4.85. The minimum absolute atomic E-state index is 0.377. The Hall–Kier alpha value is -1.55. The van der Waals surface area contributed by atoms with E-state index in [0.29, 0.717) is 12.5 Å². The monoisotopic (exact) mass is 249 g/mol. The number of carboxylic acid groups (broad SMARTS) is 1. The molecule has 1 aliphatic carbocycles. The molecule has 2 rings (SSSR count). The quantitative estimate of drug-likeness (QED) is 0.806. The number of ether oxygens (including phenoxy) is 1. The third-order valence-corrected chi connectivity index (χ3v) is 3.17. The number of hydrogen-bond acceptors (Lipinski definition) is 3. The summed E-state index contributed by atoms with van der Waals surface area (Å²) in [5, 5.41) is 12.4. The third kappa shape index (κ3) is 3.23. The SMILES string of the molecule is COc1ccc(C)cc1CC(NC1CC1)C(=O)O. The largest absolute Gasteiger partial charge is 0.496 e. The summed E-state index contributed by atoms with van der Waals surface area (Å²) in [6, 6.07) is 5.69. The van der Waals surface area contributed by atoms with E-state index in [-0.39, 0.29) is 0 Å². The van der Waals surface area contributed by atoms with Gasteiger partial charge in [-0.1, -0.05) is 17.7 Å². The van der Waals surface area contributed by atoms with Crippen LogP contribution in [0.25, 0.3) is 0 Å². The number of hydrogen-bond donors (Lipinski definition) is 2. The number of benzene rings is 1. The van der Waals surface area contributed by atoms with Crippen molar-refractivity contribution in [3.8, 4) is 5.75 Å². The molecule has 1 fully saturated rings. The second kappa shape index (κ2) is 5.40. The first-order valence-electron chi connectivity index (χ1n) is 6.22. The van der Waals surface area contributed by atoms with E-state index in [9.17, 15) is 9.90 Å². The second-order valence-electron chi connectivity index (χ2n) is 4.85. The predicted octanol–water partition coefficient (Wildman–Crippen LogP) is 1.75. The molecule has 1 aliphatic rings. The van der Waals surface area contributed by atoms with E-state index in [0.717, 1.165) is 29.7 Å². The normalized spacial score (nSPS) is 16.3. The smallest absolute Gasteiger partial charge is 0.321 e. The molecular weight excluding hydrogens is 230 g/mol. The Morgan fingerprint density at radius 1 is 1.56 bits per heavy atom. The number of aryl methyl sites for hydroxylation is 1. The van der Waals surface area contributed by atoms with Gasteiger partial charge < -0.3 is 15.2 Å². The number of carbonyl (C=O) groups is 1. The van der Waals surface area contributed by atoms with Gasteiger partial charge in [0.25, 0.3) is 0 Å². The number of methoxy groups -OCH3 is 1. The van der Waals surface area contributed by atoms with Crippen LogP contribution in [0.5, 0.6) is 5.75 Å². The van der Waals surface area contributed by atoms with E-state index in [1.807, 2.05) is 25.1 Å². The number of rotatable bonds is 6. The van der Waals surface area contributed by atoms with Crippen molar-refractivity contribution in [2.45, 2.75) is 38.3 Å². The van der Waals surface area contributed by atoms with E-state index >= 15 is 0 Å². The van der Waals surface area contributed by atoms with E-state index in [1.54, 1.807) is 7.11 Å². The topological polar surface area (TPSA) is 58.6 Å². The summed E-state index contributed by atoms with van der Waals surface area (Å²) in [5.41, 5.74) is 2.06. The summed E-state index contributed by atoms with van der Waals surface area (Å²) >= 11 is 0. The predicted molar refractivity (Wildman–Crippen MR) is 69.0 cm³/mol. The zero-order chi connectivity index (χ0) is 13.1. The average Bonchev–Trinajstić information content (AvgIpc) is 3.12. The summed E-state index contributed by atoms with van der Waals surface area (Å²) in [6.07, 6.45) is 2.61. The summed E-state index contributed by atoms with van der Waals surface area (Å²) in [7, 11) is 1.61. The molecule has 0 heterocycles. The zero-order valence-electron chi connectivity index (χ0n) is 10.8. The lowest BCUT2D eigenvalue weighted by Gasteiger charge is -2.16. The van der Waals surface area contributed by atoms with Gasteiger partial charge in [-0.15, -0.1) is 0 Å². The maximum atomic E-state index is 11.2. The van der Waals surface area contributed by atoms with Crippen LogP contribution in [0.15, 0.2) is 18.2 Å². The molecular formula is C14H19NO3. The average molecular weight is 249 g/mol. The van der Waals surface area contributed by atoms with Gasteiger partial charge >= 0.3 is 5.97 Å². The van der Waals surface area contributed by atoms with Crippen LogP contribution in [0.3, 0.4) is 0 Å². The molecule has 4 nitrogen and oxygen atoms in total. The van der Waals surface area contributed by atoms with Crippen molar-refractivity contribution in [1.82, 2.24) is 5.32 Å². The molecule has 1 atom stereocenters. The summed E-state index contributed by atoms with van der Waals surface area (Å²) < 4.78 is 5.28. The molecule has 4 heteroatoms. The zero-order valence-corrected chi connectivity index (χ0v) is 10.8. The standard InChI is InChI=1S/C14H19NO3/c1-9-3-6-13(18-2)10(7-9)8-12(14(16)17)15-11-4-5-11/h3,6-7,11-12,15H,4-5,8H2,1-2H3,(H,16,17). The fraction of sp³-hybridized carbons (Fsp3) is 0.500. The van der Waals surface area contributed by atoms with Crippen molar-refractivity contribution in [2.75, 3.05) is 7.11 Å². The van der Waals surface area contributed by atoms with Crippen LogP contribution in [-0.2, 0) is 11.2 Å². The minimum atomic E-state index is -0.801. The number of nitrogens with one attached hydrogen (secondary N) is 1. The molecule has 0 amide bonds. The van der Waals surface area contributed by atoms with Gasteiger partial charge in [-0.2, -0.15) is 0 Å². The maximum Gasteiger partial charge on any atom is 0.321 e. The molecule has 0 bridgehead atoms. The highest BCUT2D eigenvalue weighted by Gasteiger charge is 2.28. The fourth-order valence-corrected chi connectivity index (χ4v) is 2.04. The van der Waals surface area contributed by atoms with Gasteiger partial charge in [0.2, 0.25) is 0 Å². The Balaban J connectivity index is 2.13. The van der Waals surface area contributed by atoms with Crippen LogP contribution in [-0.4, -0.2) is 30.3 Å². The fourth-order valence-electron chi connectivity index (χ4n) is 2.04. The van der Waals surface area contributed by atoms with Gasteiger partial charge in [0.1, 0.15) is 11.8 Å². The molecule has 1 saturated carbocycles. The van der Waals surface area contributed by atoms with Crippen molar-refractivity contribution >= 4 is 5.97 Å². The molecule has 1 unspecified atom stereocenters. The first-order valence-corrected chi connectivity index (χ1v) is 6.22. The molecule has 18 heavy (non-hydrogen) atoms. The van der Waals surface area contributed by atoms with Gasteiger partial charge in [0.15, 0.2) is 0 Å². The first-order chi connectivity index (χ1) is 8.60. The van der Waals surface area contributed by atoms with Gasteiger partial charge in [0, 0.05) is 12.5 Å². The molecule has 1 aromatic rings. The van der Waals surface area contributed by atoms with Gasteiger partial charge in [0.05, 0.1) is 7.11 Å². The maximum absolute atomic E-state index is 11.2. The van der Waals surface area contributed by atoms with Crippen molar-refractivity contribution < 1.29 is 14.6 Å². The van der Waals surface area contributed by atoms with Crippen molar-refractivity contribution in [3.05, 3.63) is 29.3 Å². The van der Waals surface area contributed by atoms with E-state index in [1.165, 1.54) is 0 Å². The van der Waals surface area contributed by atoms with E-state index < -0.39 is 12.0 Å². The summed E-state index contributed by atoms with van der Waals surface area (Å²) in [4.78, 5) is 11.2. The lowest BCUT2D eigenvalue weighted by Crippen LogP contribution is -2.39. The molecule has 98 valence electrons. The summed E-state index contributed by atoms with van der Waals surface area (Å²) in [5.74, 6) is -0.0464. The number of carboxylic acids is 1. The van der Waals surface area contributed by atoms with Crippen LogP contribution in [0.1, 0.15) is 24.0 Å². The lowest BCUT2D eigenvalue weighted by atomic mass is 10.0. The van der Waals surface area contributed by atoms with E-state index in [4.69, 9.17) is 4.74 Å². The molecule has 0 radical (unpaired) electrons. The van der Waals surface area contributed by atoms with Crippen LogP contribution in [0.4, 0.5) is 0 Å². The number of aliphatic carboxylic acids is 1. The van der Waals surface area contributed by atoms with Crippen LogP contribution in [0.2, 0.25) is 0 Å². The molecule has 1 aromatic carbocycles. The van der Waals surface area contributed by atoms with E-state index in [2.05, 4.69) is 5.32 Å². The van der Waals surface area contributed by atoms with Gasteiger partial charge in [-0.25, -0.2) is 0 Å². The van der Waals surface area contributed by atoms with Crippen LogP contribution >= 0.6 is 0 Å². The van der Waals surface area contributed by atoms with Crippen LogP contribution < -0.4 is 10.1 Å².